The maximum Gasteiger partial charge on any atom is 0.277 e. The van der Waals surface area contributed by atoms with Gasteiger partial charge in [0.1, 0.15) is 23.0 Å². The van der Waals surface area contributed by atoms with Crippen molar-refractivity contribution >= 4 is 23.2 Å². The first-order valence-electron chi connectivity index (χ1n) is 9.06. The van der Waals surface area contributed by atoms with E-state index in [2.05, 4.69) is 15.8 Å². The van der Waals surface area contributed by atoms with Crippen LogP contribution in [0, 0.1) is 0 Å². The molecule has 0 aromatic heterocycles. The fourth-order valence-electron chi connectivity index (χ4n) is 2.38. The lowest BCUT2D eigenvalue weighted by Gasteiger charge is -2.11. The molecule has 160 valence electrons. The number of ether oxygens (including phenoxy) is 4. The van der Waals surface area contributed by atoms with E-state index < -0.39 is 5.91 Å². The summed E-state index contributed by atoms with van der Waals surface area (Å²) in [5.74, 6) is 1.56. The van der Waals surface area contributed by atoms with E-state index in [1.54, 1.807) is 63.6 Å². The van der Waals surface area contributed by atoms with Crippen molar-refractivity contribution in [3.63, 3.8) is 0 Å². The second kappa shape index (κ2) is 11.3. The van der Waals surface area contributed by atoms with E-state index in [9.17, 15) is 9.59 Å². The highest BCUT2D eigenvalue weighted by molar-refractivity contribution is 6.06. The van der Waals surface area contributed by atoms with Crippen molar-refractivity contribution in [3.8, 4) is 23.0 Å². The number of nitrogens with one attached hydrogen (secondary N) is 2. The quantitative estimate of drug-likeness (QED) is 0.456. The summed E-state index contributed by atoms with van der Waals surface area (Å²) in [6, 6.07) is 11.9. The molecule has 0 aliphatic rings. The van der Waals surface area contributed by atoms with Crippen LogP contribution in [0.1, 0.15) is 13.3 Å². The highest BCUT2D eigenvalue weighted by Crippen LogP contribution is 2.29. The Morgan fingerprint density at radius 2 is 1.50 bits per heavy atom. The lowest BCUT2D eigenvalue weighted by molar-refractivity contribution is -0.123. The summed E-state index contributed by atoms with van der Waals surface area (Å²) < 4.78 is 20.8. The van der Waals surface area contributed by atoms with Crippen molar-refractivity contribution in [3.05, 3.63) is 42.5 Å². The van der Waals surface area contributed by atoms with Crippen molar-refractivity contribution in [2.24, 2.45) is 5.10 Å². The molecule has 9 heteroatoms. The molecule has 0 saturated heterocycles. The Morgan fingerprint density at radius 1 is 0.867 bits per heavy atom. The summed E-state index contributed by atoms with van der Waals surface area (Å²) >= 11 is 0. The van der Waals surface area contributed by atoms with Crippen molar-refractivity contribution < 1.29 is 28.5 Å². The lowest BCUT2D eigenvalue weighted by atomic mass is 10.2. The number of hydrogen-bond acceptors (Lipinski definition) is 7. The monoisotopic (exact) mass is 415 g/mol. The molecule has 0 aliphatic heterocycles. The van der Waals surface area contributed by atoms with Crippen molar-refractivity contribution in [2.75, 3.05) is 33.3 Å². The van der Waals surface area contributed by atoms with Crippen LogP contribution in [-0.2, 0) is 9.59 Å². The summed E-state index contributed by atoms with van der Waals surface area (Å²) in [7, 11) is 4.61. The van der Waals surface area contributed by atoms with E-state index >= 15 is 0 Å². The third kappa shape index (κ3) is 7.01. The van der Waals surface area contributed by atoms with Gasteiger partial charge in [-0.1, -0.05) is 0 Å². The Hall–Kier alpha value is -3.75. The van der Waals surface area contributed by atoms with Gasteiger partial charge in [-0.25, -0.2) is 5.43 Å². The molecule has 0 unspecified atom stereocenters. The molecule has 2 aromatic carbocycles. The first kappa shape index (κ1) is 22.5. The van der Waals surface area contributed by atoms with E-state index in [4.69, 9.17) is 18.9 Å². The van der Waals surface area contributed by atoms with Crippen LogP contribution >= 0.6 is 0 Å². The Labute approximate surface area is 175 Å². The van der Waals surface area contributed by atoms with Gasteiger partial charge in [-0.2, -0.15) is 5.10 Å². The zero-order valence-electron chi connectivity index (χ0n) is 17.4. The number of hydrazone groups is 1. The van der Waals surface area contributed by atoms with Crippen LogP contribution in [-0.4, -0.2) is 45.5 Å². The van der Waals surface area contributed by atoms with Gasteiger partial charge in [-0.15, -0.1) is 0 Å². The summed E-state index contributed by atoms with van der Waals surface area (Å²) in [5.41, 5.74) is 3.30. The zero-order chi connectivity index (χ0) is 21.9. The van der Waals surface area contributed by atoms with Gasteiger partial charge < -0.3 is 24.3 Å². The predicted molar refractivity (Wildman–Crippen MR) is 113 cm³/mol. The Bertz CT molecular complexity index is 896. The van der Waals surface area contributed by atoms with Crippen LogP contribution in [0.5, 0.6) is 23.0 Å². The fraction of sp³-hybridized carbons (Fsp3) is 0.286. The van der Waals surface area contributed by atoms with E-state index in [0.29, 0.717) is 34.4 Å². The average Bonchev–Trinajstić information content (AvgIpc) is 2.76. The molecular formula is C21H25N3O6. The van der Waals surface area contributed by atoms with Crippen molar-refractivity contribution in [2.45, 2.75) is 13.3 Å². The summed E-state index contributed by atoms with van der Waals surface area (Å²) in [6.07, 6.45) is -0.00516. The van der Waals surface area contributed by atoms with Crippen LogP contribution in [0.25, 0.3) is 0 Å². The number of benzene rings is 2. The second-order valence-corrected chi connectivity index (χ2v) is 6.14. The van der Waals surface area contributed by atoms with Crippen molar-refractivity contribution in [1.82, 2.24) is 5.43 Å². The van der Waals surface area contributed by atoms with E-state index in [1.165, 1.54) is 7.11 Å². The first-order chi connectivity index (χ1) is 14.4. The molecule has 2 aromatic rings. The Morgan fingerprint density at radius 3 is 2.13 bits per heavy atom. The number of nitrogens with zero attached hydrogens (tertiary/aromatic N) is 1. The van der Waals surface area contributed by atoms with Crippen LogP contribution in [0.15, 0.2) is 47.6 Å². The molecule has 0 aliphatic carbocycles. The molecule has 9 nitrogen and oxygen atoms in total. The smallest absolute Gasteiger partial charge is 0.277 e. The minimum Gasteiger partial charge on any atom is -0.497 e. The first-order valence-corrected chi connectivity index (χ1v) is 9.06. The highest BCUT2D eigenvalue weighted by atomic mass is 16.5. The molecule has 0 bridgehead atoms. The normalized spacial score (nSPS) is 10.7. The van der Waals surface area contributed by atoms with Gasteiger partial charge in [0.2, 0.25) is 5.91 Å². The molecule has 30 heavy (non-hydrogen) atoms. The molecule has 0 fully saturated rings. The van der Waals surface area contributed by atoms with E-state index in [0.717, 1.165) is 0 Å². The maximum atomic E-state index is 12.2. The van der Waals surface area contributed by atoms with Crippen LogP contribution in [0.2, 0.25) is 0 Å². The molecule has 0 atom stereocenters. The molecule has 2 amide bonds. The van der Waals surface area contributed by atoms with Gasteiger partial charge >= 0.3 is 0 Å². The van der Waals surface area contributed by atoms with Crippen LogP contribution < -0.4 is 29.7 Å². The highest BCUT2D eigenvalue weighted by Gasteiger charge is 2.10. The molecule has 2 rings (SSSR count). The molecule has 0 saturated carbocycles. The Balaban J connectivity index is 1.81. The fourth-order valence-corrected chi connectivity index (χ4v) is 2.38. The van der Waals surface area contributed by atoms with Gasteiger partial charge in [0.05, 0.1) is 33.4 Å². The SMILES string of the molecule is COc1ccc(OCC(=O)N/N=C(/C)CC(=O)Nc2ccc(OC)cc2OC)cc1. The summed E-state index contributed by atoms with van der Waals surface area (Å²) in [4.78, 5) is 24.1. The zero-order valence-corrected chi connectivity index (χ0v) is 17.4. The standard InChI is InChI=1S/C21H25N3O6/c1-14(11-20(25)22-18-10-9-17(28-3)12-19(18)29-4)23-24-21(26)13-30-16-7-5-15(27-2)6-8-16/h5-10,12H,11,13H2,1-4H3,(H,22,25)(H,24,26)/b23-14-. The largest absolute Gasteiger partial charge is 0.497 e. The molecule has 0 spiro atoms. The van der Waals surface area contributed by atoms with Gasteiger partial charge in [0.15, 0.2) is 6.61 Å². The van der Waals surface area contributed by atoms with Crippen LogP contribution in [0.4, 0.5) is 5.69 Å². The molecule has 0 heterocycles. The molecule has 0 radical (unpaired) electrons. The van der Waals surface area contributed by atoms with E-state index in [-0.39, 0.29) is 18.9 Å². The topological polar surface area (TPSA) is 107 Å². The lowest BCUT2D eigenvalue weighted by Crippen LogP contribution is -2.26. The number of anilines is 1. The minimum absolute atomic E-state index is 0.00516. The molecule has 2 N–H and O–H groups in total. The summed E-state index contributed by atoms with van der Waals surface area (Å²) in [5, 5.41) is 6.66. The number of methoxy groups -OCH3 is 3. The van der Waals surface area contributed by atoms with Gasteiger partial charge in [0.25, 0.3) is 5.91 Å². The number of hydrogen-bond donors (Lipinski definition) is 2. The predicted octanol–water partition coefficient (Wildman–Crippen LogP) is 2.61. The third-order valence-corrected chi connectivity index (χ3v) is 3.90. The van der Waals surface area contributed by atoms with Gasteiger partial charge in [-0.3, -0.25) is 9.59 Å². The van der Waals surface area contributed by atoms with Gasteiger partial charge in [0, 0.05) is 11.8 Å². The number of carbonyl (C=O) groups excluding carboxylic acids is 2. The van der Waals surface area contributed by atoms with Gasteiger partial charge in [-0.05, 0) is 43.3 Å². The Kier molecular flexibility index (Phi) is 8.49. The number of amides is 2. The number of carbonyl (C=O) groups is 2. The second-order valence-electron chi connectivity index (χ2n) is 6.14. The third-order valence-electron chi connectivity index (χ3n) is 3.90. The van der Waals surface area contributed by atoms with Crippen LogP contribution in [0.3, 0.4) is 0 Å². The summed E-state index contributed by atoms with van der Waals surface area (Å²) in [6.45, 7) is 1.42. The van der Waals surface area contributed by atoms with E-state index in [1.807, 2.05) is 0 Å². The van der Waals surface area contributed by atoms with Crippen molar-refractivity contribution in [1.29, 1.82) is 0 Å². The molecular weight excluding hydrogens is 390 g/mol. The minimum atomic E-state index is -0.442. The average molecular weight is 415 g/mol. The maximum absolute atomic E-state index is 12.2. The number of rotatable bonds is 10.